The van der Waals surface area contributed by atoms with E-state index in [4.69, 9.17) is 5.26 Å². The first-order valence-corrected chi connectivity index (χ1v) is 5.40. The minimum Gasteiger partial charge on any atom is -0.332 e. The van der Waals surface area contributed by atoms with E-state index in [2.05, 4.69) is 6.07 Å². The molecule has 17 heavy (non-hydrogen) atoms. The highest BCUT2D eigenvalue weighted by Crippen LogP contribution is 2.04. The first kappa shape index (κ1) is 11.2. The summed E-state index contributed by atoms with van der Waals surface area (Å²) in [7, 11) is 0. The number of nitrogens with zero attached hydrogens (tertiary/aromatic N) is 2. The van der Waals surface area contributed by atoms with Crippen molar-refractivity contribution in [3.63, 3.8) is 0 Å². The number of aromatic nitrogens is 1. The Labute approximate surface area is 99.9 Å². The van der Waals surface area contributed by atoms with Crippen LogP contribution in [0.3, 0.4) is 0 Å². The largest absolute Gasteiger partial charge is 0.332 e. The Morgan fingerprint density at radius 2 is 1.94 bits per heavy atom. The third-order valence-corrected chi connectivity index (χ3v) is 2.53. The number of ketones is 1. The molecule has 0 aliphatic heterocycles. The molecule has 84 valence electrons. The van der Waals surface area contributed by atoms with Gasteiger partial charge in [0.2, 0.25) is 0 Å². The molecule has 0 aliphatic carbocycles. The van der Waals surface area contributed by atoms with Crippen molar-refractivity contribution >= 4 is 5.78 Å². The van der Waals surface area contributed by atoms with Crippen LogP contribution in [0.2, 0.25) is 0 Å². The third-order valence-electron chi connectivity index (χ3n) is 2.53. The summed E-state index contributed by atoms with van der Waals surface area (Å²) in [4.78, 5) is 11.8. The van der Waals surface area contributed by atoms with Gasteiger partial charge in [-0.25, -0.2) is 0 Å². The molecule has 0 saturated heterocycles. The number of nitriles is 1. The Hall–Kier alpha value is -2.34. The predicted molar refractivity (Wildman–Crippen MR) is 64.3 cm³/mol. The molecule has 2 rings (SSSR count). The van der Waals surface area contributed by atoms with E-state index in [9.17, 15) is 4.79 Å². The van der Waals surface area contributed by atoms with Crippen molar-refractivity contribution in [1.29, 1.82) is 5.26 Å². The Kier molecular flexibility index (Phi) is 3.37. The molecule has 0 unspecified atom stereocenters. The van der Waals surface area contributed by atoms with Crippen LogP contribution in [0.5, 0.6) is 0 Å². The summed E-state index contributed by atoms with van der Waals surface area (Å²) in [5.41, 5.74) is 1.52. The van der Waals surface area contributed by atoms with Crippen molar-refractivity contribution in [3.8, 4) is 6.07 Å². The lowest BCUT2D eigenvalue weighted by Gasteiger charge is -2.04. The van der Waals surface area contributed by atoms with Crippen LogP contribution >= 0.6 is 0 Å². The molecule has 2 aromatic rings. The van der Waals surface area contributed by atoms with Crippen LogP contribution in [-0.4, -0.2) is 10.4 Å². The zero-order chi connectivity index (χ0) is 12.1. The van der Waals surface area contributed by atoms with Crippen LogP contribution in [0.1, 0.15) is 11.3 Å². The van der Waals surface area contributed by atoms with E-state index < -0.39 is 0 Å². The number of hydrogen-bond acceptors (Lipinski definition) is 2. The average Bonchev–Trinajstić information content (AvgIpc) is 2.77. The fourth-order valence-electron chi connectivity index (χ4n) is 1.72. The van der Waals surface area contributed by atoms with E-state index in [-0.39, 0.29) is 12.3 Å². The number of rotatable bonds is 4. The van der Waals surface area contributed by atoms with Crippen LogP contribution in [-0.2, 0) is 17.8 Å². The standard InChI is InChI=1S/C14H12N2O/c15-10-13-7-4-8-16(13)11-14(17)9-12-5-2-1-3-6-12/h1-8H,9,11H2. The molecule has 3 heteroatoms. The van der Waals surface area contributed by atoms with Crippen LogP contribution in [0.4, 0.5) is 0 Å². The molecule has 0 atom stereocenters. The van der Waals surface area contributed by atoms with Crippen molar-refractivity contribution < 1.29 is 4.79 Å². The van der Waals surface area contributed by atoms with Crippen molar-refractivity contribution in [2.45, 2.75) is 13.0 Å². The van der Waals surface area contributed by atoms with Gasteiger partial charge in [-0.1, -0.05) is 30.3 Å². The van der Waals surface area contributed by atoms with Gasteiger partial charge >= 0.3 is 0 Å². The molecule has 0 aliphatic rings. The SMILES string of the molecule is N#Cc1cccn1CC(=O)Cc1ccccc1. The van der Waals surface area contributed by atoms with Gasteiger partial charge in [0.25, 0.3) is 0 Å². The molecule has 0 N–H and O–H groups in total. The molecule has 0 amide bonds. The molecule has 1 aromatic carbocycles. The Bertz CT molecular complexity index is 549. The van der Waals surface area contributed by atoms with Gasteiger partial charge < -0.3 is 4.57 Å². The second-order valence-corrected chi connectivity index (χ2v) is 3.83. The van der Waals surface area contributed by atoms with Gasteiger partial charge in [0.15, 0.2) is 5.78 Å². The maximum atomic E-state index is 11.8. The van der Waals surface area contributed by atoms with Gasteiger partial charge in [0.05, 0.1) is 6.54 Å². The number of benzene rings is 1. The highest BCUT2D eigenvalue weighted by Gasteiger charge is 2.06. The second-order valence-electron chi connectivity index (χ2n) is 3.83. The van der Waals surface area contributed by atoms with Gasteiger partial charge in [-0.05, 0) is 17.7 Å². The summed E-state index contributed by atoms with van der Waals surface area (Å²) in [5, 5.41) is 8.83. The minimum atomic E-state index is 0.101. The van der Waals surface area contributed by atoms with Gasteiger partial charge in [0, 0.05) is 12.6 Å². The number of carbonyl (C=O) groups excluding carboxylic acids is 1. The minimum absolute atomic E-state index is 0.101. The fourth-order valence-corrected chi connectivity index (χ4v) is 1.72. The van der Waals surface area contributed by atoms with Gasteiger partial charge in [-0.3, -0.25) is 4.79 Å². The summed E-state index contributed by atoms with van der Waals surface area (Å²) in [6, 6.07) is 15.1. The first-order chi connectivity index (χ1) is 8.29. The molecular weight excluding hydrogens is 212 g/mol. The Morgan fingerprint density at radius 3 is 2.65 bits per heavy atom. The second kappa shape index (κ2) is 5.13. The number of hydrogen-bond donors (Lipinski definition) is 0. The molecule has 0 spiro atoms. The monoisotopic (exact) mass is 224 g/mol. The topological polar surface area (TPSA) is 45.8 Å². The van der Waals surface area contributed by atoms with E-state index in [1.54, 1.807) is 22.9 Å². The van der Waals surface area contributed by atoms with E-state index >= 15 is 0 Å². The van der Waals surface area contributed by atoms with Crippen molar-refractivity contribution in [1.82, 2.24) is 4.57 Å². The highest BCUT2D eigenvalue weighted by atomic mass is 16.1. The maximum Gasteiger partial charge on any atom is 0.156 e. The lowest BCUT2D eigenvalue weighted by atomic mass is 10.1. The Morgan fingerprint density at radius 1 is 1.18 bits per heavy atom. The summed E-state index contributed by atoms with van der Waals surface area (Å²) >= 11 is 0. The third kappa shape index (κ3) is 2.82. The van der Waals surface area contributed by atoms with Crippen molar-refractivity contribution in [2.75, 3.05) is 0 Å². The molecule has 3 nitrogen and oxygen atoms in total. The van der Waals surface area contributed by atoms with Gasteiger partial charge in [-0.15, -0.1) is 0 Å². The van der Waals surface area contributed by atoms with Crippen LogP contribution < -0.4 is 0 Å². The summed E-state index contributed by atoms with van der Waals surface area (Å²) in [6.07, 6.45) is 2.16. The molecule has 0 bridgehead atoms. The van der Waals surface area contributed by atoms with Crippen molar-refractivity contribution in [2.24, 2.45) is 0 Å². The molecule has 0 saturated carbocycles. The van der Waals surface area contributed by atoms with E-state index in [0.29, 0.717) is 12.1 Å². The van der Waals surface area contributed by atoms with Gasteiger partial charge in [0.1, 0.15) is 11.8 Å². The zero-order valence-corrected chi connectivity index (χ0v) is 9.34. The molecule has 0 fully saturated rings. The van der Waals surface area contributed by atoms with E-state index in [1.165, 1.54) is 0 Å². The van der Waals surface area contributed by atoms with Crippen LogP contribution in [0.15, 0.2) is 48.7 Å². The van der Waals surface area contributed by atoms with E-state index in [1.807, 2.05) is 30.3 Å². The van der Waals surface area contributed by atoms with Gasteiger partial charge in [-0.2, -0.15) is 5.26 Å². The lowest BCUT2D eigenvalue weighted by Crippen LogP contribution is -2.12. The molecule has 1 aromatic heterocycles. The lowest BCUT2D eigenvalue weighted by molar-refractivity contribution is -0.119. The fraction of sp³-hybridized carbons (Fsp3) is 0.143. The maximum absolute atomic E-state index is 11.8. The average molecular weight is 224 g/mol. The van der Waals surface area contributed by atoms with Crippen LogP contribution in [0.25, 0.3) is 0 Å². The summed E-state index contributed by atoms with van der Waals surface area (Å²) < 4.78 is 1.67. The normalized spacial score (nSPS) is 9.82. The quantitative estimate of drug-likeness (QED) is 0.799. The smallest absolute Gasteiger partial charge is 0.156 e. The first-order valence-electron chi connectivity index (χ1n) is 5.40. The predicted octanol–water partition coefficient (Wildman–Crippen LogP) is 2.17. The zero-order valence-electron chi connectivity index (χ0n) is 9.34. The summed E-state index contributed by atoms with van der Waals surface area (Å²) in [5.74, 6) is 0.101. The highest BCUT2D eigenvalue weighted by molar-refractivity contribution is 5.80. The Balaban J connectivity index is 2.01. The molecule has 1 heterocycles. The number of carbonyl (C=O) groups is 1. The summed E-state index contributed by atoms with van der Waals surface area (Å²) in [6.45, 7) is 0.255. The van der Waals surface area contributed by atoms with Crippen molar-refractivity contribution in [3.05, 3.63) is 59.9 Å². The van der Waals surface area contributed by atoms with E-state index in [0.717, 1.165) is 5.56 Å². The molecule has 0 radical (unpaired) electrons. The van der Waals surface area contributed by atoms with Crippen LogP contribution in [0, 0.1) is 11.3 Å². The molecular formula is C14H12N2O. The number of Topliss-reactive ketones (excluding diaryl/α,β-unsaturated/α-hetero) is 1.